The molecule has 0 aliphatic carbocycles. The maximum Gasteiger partial charge on any atom is 0.417 e. The van der Waals surface area contributed by atoms with E-state index in [4.69, 9.17) is 11.5 Å². The molecule has 0 saturated heterocycles. The van der Waals surface area contributed by atoms with Crippen molar-refractivity contribution in [1.29, 1.82) is 0 Å². The Balaban J connectivity index is 1.84. The van der Waals surface area contributed by atoms with Crippen molar-refractivity contribution < 1.29 is 13.2 Å². The number of fused-ring (bicyclic) bond motifs is 1. The first-order valence-corrected chi connectivity index (χ1v) is 9.06. The van der Waals surface area contributed by atoms with Gasteiger partial charge in [0.1, 0.15) is 0 Å². The second kappa shape index (κ2) is 7.22. The molecule has 30 heavy (non-hydrogen) atoms. The Bertz CT molecular complexity index is 1310. The molecule has 0 radical (unpaired) electrons. The van der Waals surface area contributed by atoms with Crippen molar-refractivity contribution in [2.24, 2.45) is 0 Å². The predicted octanol–water partition coefficient (Wildman–Crippen LogP) is 4.36. The molecule has 1 aromatic heterocycles. The normalized spacial score (nSPS) is 11.7. The summed E-state index contributed by atoms with van der Waals surface area (Å²) in [5, 5.41) is 7.67. The van der Waals surface area contributed by atoms with Crippen LogP contribution in [0.15, 0.2) is 65.5 Å². The average Bonchev–Trinajstić information content (AvgIpc) is 2.71. The van der Waals surface area contributed by atoms with Crippen LogP contribution in [0.1, 0.15) is 16.8 Å². The summed E-state index contributed by atoms with van der Waals surface area (Å²) >= 11 is 0. The number of hydrogen-bond acceptors (Lipinski definition) is 4. The van der Waals surface area contributed by atoms with Crippen molar-refractivity contribution >= 4 is 22.1 Å². The summed E-state index contributed by atoms with van der Waals surface area (Å²) in [6.45, 7) is 0. The zero-order chi connectivity index (χ0) is 21.5. The fourth-order valence-electron chi connectivity index (χ4n) is 3.43. The van der Waals surface area contributed by atoms with Crippen LogP contribution in [0.2, 0.25) is 0 Å². The average molecular weight is 410 g/mol. The van der Waals surface area contributed by atoms with Gasteiger partial charge in [-0.2, -0.15) is 18.3 Å². The number of anilines is 2. The van der Waals surface area contributed by atoms with Gasteiger partial charge in [-0.1, -0.05) is 36.4 Å². The summed E-state index contributed by atoms with van der Waals surface area (Å²) in [7, 11) is 0. The summed E-state index contributed by atoms with van der Waals surface area (Å²) in [5.74, 6) is 0. The third kappa shape index (κ3) is 3.59. The number of benzene rings is 3. The molecular weight excluding hydrogens is 393 g/mol. The van der Waals surface area contributed by atoms with Gasteiger partial charge in [-0.15, -0.1) is 0 Å². The van der Waals surface area contributed by atoms with E-state index in [0.29, 0.717) is 33.3 Å². The lowest BCUT2D eigenvalue weighted by Gasteiger charge is -2.16. The first-order chi connectivity index (χ1) is 14.2. The SMILES string of the molecule is Nc1ccc(-c2cc(Cc3n[nH]c(=O)c4ccccc34)ccc2C(F)(F)F)cc1N. The van der Waals surface area contributed by atoms with Gasteiger partial charge in [-0.3, -0.25) is 4.79 Å². The van der Waals surface area contributed by atoms with Gasteiger partial charge in [-0.25, -0.2) is 5.10 Å². The maximum atomic E-state index is 13.6. The van der Waals surface area contributed by atoms with Crippen LogP contribution in [0.25, 0.3) is 21.9 Å². The Morgan fingerprint density at radius 3 is 2.33 bits per heavy atom. The van der Waals surface area contributed by atoms with E-state index >= 15 is 0 Å². The molecule has 0 aliphatic rings. The molecule has 152 valence electrons. The number of aromatic nitrogens is 2. The van der Waals surface area contributed by atoms with E-state index in [1.54, 1.807) is 24.3 Å². The number of rotatable bonds is 3. The first kappa shape index (κ1) is 19.5. The lowest BCUT2D eigenvalue weighted by atomic mass is 9.94. The molecule has 0 unspecified atom stereocenters. The number of nitrogens with one attached hydrogen (secondary N) is 1. The van der Waals surface area contributed by atoms with Crippen LogP contribution >= 0.6 is 0 Å². The van der Waals surface area contributed by atoms with Crippen LogP contribution < -0.4 is 17.0 Å². The van der Waals surface area contributed by atoms with Crippen molar-refractivity contribution in [3.63, 3.8) is 0 Å². The molecule has 5 nitrogen and oxygen atoms in total. The third-order valence-corrected chi connectivity index (χ3v) is 4.93. The number of hydrogen-bond donors (Lipinski definition) is 3. The molecule has 8 heteroatoms. The van der Waals surface area contributed by atoms with Crippen molar-refractivity contribution in [3.05, 3.63) is 87.8 Å². The Morgan fingerprint density at radius 2 is 1.63 bits per heavy atom. The topological polar surface area (TPSA) is 97.8 Å². The minimum absolute atomic E-state index is 0.000398. The summed E-state index contributed by atoms with van der Waals surface area (Å²) in [6, 6.07) is 15.3. The van der Waals surface area contributed by atoms with E-state index in [9.17, 15) is 18.0 Å². The third-order valence-electron chi connectivity index (χ3n) is 4.93. The van der Waals surface area contributed by atoms with Gasteiger partial charge in [0.2, 0.25) is 0 Å². The maximum absolute atomic E-state index is 13.6. The second-order valence-electron chi connectivity index (χ2n) is 6.94. The molecule has 1 heterocycles. The number of nitrogens with two attached hydrogens (primary N) is 2. The monoisotopic (exact) mass is 410 g/mol. The molecule has 4 rings (SSSR count). The van der Waals surface area contributed by atoms with Crippen molar-refractivity contribution in [1.82, 2.24) is 10.2 Å². The lowest BCUT2D eigenvalue weighted by molar-refractivity contribution is -0.137. The van der Waals surface area contributed by atoms with Gasteiger partial charge in [-0.05, 0) is 41.0 Å². The number of H-pyrrole nitrogens is 1. The quantitative estimate of drug-likeness (QED) is 0.437. The zero-order valence-corrected chi connectivity index (χ0v) is 15.6. The summed E-state index contributed by atoms with van der Waals surface area (Å²) in [6.07, 6.45) is -4.29. The minimum Gasteiger partial charge on any atom is -0.397 e. The summed E-state index contributed by atoms with van der Waals surface area (Å²) in [5.41, 5.74) is 12.4. The fourth-order valence-corrected chi connectivity index (χ4v) is 3.43. The highest BCUT2D eigenvalue weighted by atomic mass is 19.4. The molecule has 0 saturated carbocycles. The van der Waals surface area contributed by atoms with E-state index in [1.807, 2.05) is 0 Å². The van der Waals surface area contributed by atoms with Gasteiger partial charge in [0.25, 0.3) is 5.56 Å². The molecule has 5 N–H and O–H groups in total. The molecule has 3 aromatic carbocycles. The fraction of sp³-hybridized carbons (Fsp3) is 0.0909. The molecule has 0 fully saturated rings. The Labute approximate surface area is 169 Å². The molecule has 0 spiro atoms. The molecule has 4 aromatic rings. The summed E-state index contributed by atoms with van der Waals surface area (Å²) < 4.78 is 40.9. The van der Waals surface area contributed by atoms with Crippen LogP contribution in [-0.4, -0.2) is 10.2 Å². The van der Waals surface area contributed by atoms with Gasteiger partial charge in [0, 0.05) is 11.8 Å². The van der Waals surface area contributed by atoms with E-state index in [0.717, 1.165) is 6.07 Å². The van der Waals surface area contributed by atoms with Crippen LogP contribution in [0.3, 0.4) is 0 Å². The molecule has 0 aliphatic heterocycles. The van der Waals surface area contributed by atoms with Gasteiger partial charge in [0.15, 0.2) is 0 Å². The number of halogens is 3. The van der Waals surface area contributed by atoms with Crippen LogP contribution in [0, 0.1) is 0 Å². The Kier molecular flexibility index (Phi) is 4.69. The second-order valence-corrected chi connectivity index (χ2v) is 6.94. The van der Waals surface area contributed by atoms with Gasteiger partial charge in [0.05, 0.1) is 28.0 Å². The number of nitrogen functional groups attached to an aromatic ring is 2. The predicted molar refractivity (Wildman–Crippen MR) is 111 cm³/mol. The smallest absolute Gasteiger partial charge is 0.397 e. The molecule has 0 bridgehead atoms. The number of alkyl halides is 3. The van der Waals surface area contributed by atoms with Gasteiger partial charge < -0.3 is 11.5 Å². The lowest BCUT2D eigenvalue weighted by Crippen LogP contribution is -2.12. The van der Waals surface area contributed by atoms with E-state index in [-0.39, 0.29) is 23.2 Å². The molecule has 0 atom stereocenters. The van der Waals surface area contributed by atoms with E-state index in [2.05, 4.69) is 10.2 Å². The van der Waals surface area contributed by atoms with Crippen molar-refractivity contribution in [2.75, 3.05) is 11.5 Å². The first-order valence-electron chi connectivity index (χ1n) is 9.06. The van der Waals surface area contributed by atoms with Crippen molar-refractivity contribution in [2.45, 2.75) is 12.6 Å². The standard InChI is InChI=1S/C22H17F3N4O/c23-22(24,25)17-7-5-12(9-16(17)13-6-8-18(26)19(27)11-13)10-20-14-3-1-2-4-15(14)21(30)29-28-20/h1-9,11H,10,26-27H2,(H,29,30). The van der Waals surface area contributed by atoms with Crippen LogP contribution in [0.5, 0.6) is 0 Å². The van der Waals surface area contributed by atoms with E-state index in [1.165, 1.54) is 30.3 Å². The highest BCUT2D eigenvalue weighted by Crippen LogP contribution is 2.39. The molecule has 0 amide bonds. The minimum atomic E-state index is -4.53. The van der Waals surface area contributed by atoms with E-state index < -0.39 is 11.7 Å². The Morgan fingerprint density at radius 1 is 0.900 bits per heavy atom. The van der Waals surface area contributed by atoms with Crippen molar-refractivity contribution in [3.8, 4) is 11.1 Å². The zero-order valence-electron chi connectivity index (χ0n) is 15.6. The van der Waals surface area contributed by atoms with Crippen LogP contribution in [0.4, 0.5) is 24.5 Å². The summed E-state index contributed by atoms with van der Waals surface area (Å²) in [4.78, 5) is 12.0. The highest BCUT2D eigenvalue weighted by molar-refractivity contribution is 5.84. The largest absolute Gasteiger partial charge is 0.417 e. The highest BCUT2D eigenvalue weighted by Gasteiger charge is 2.33. The number of nitrogens with zero attached hydrogens (tertiary/aromatic N) is 1. The van der Waals surface area contributed by atoms with Crippen LogP contribution in [-0.2, 0) is 12.6 Å². The molecular formula is C22H17F3N4O. The van der Waals surface area contributed by atoms with Gasteiger partial charge >= 0.3 is 6.18 Å². The Hall–Kier alpha value is -3.81. The number of aromatic amines is 1.